The van der Waals surface area contributed by atoms with Crippen molar-refractivity contribution in [2.24, 2.45) is 0 Å². The summed E-state index contributed by atoms with van der Waals surface area (Å²) < 4.78 is 10.1. The van der Waals surface area contributed by atoms with E-state index >= 15 is 0 Å². The van der Waals surface area contributed by atoms with E-state index in [1.807, 2.05) is 0 Å². The second-order valence-electron chi connectivity index (χ2n) is 3.93. The Morgan fingerprint density at radius 1 is 1.15 bits per heavy atom. The molecule has 0 aliphatic carbocycles. The number of nitrogens with zero attached hydrogens (tertiary/aromatic N) is 4. The third-order valence-electron chi connectivity index (χ3n) is 2.60. The van der Waals surface area contributed by atoms with Crippen molar-refractivity contribution in [1.29, 1.82) is 0 Å². The predicted octanol–water partition coefficient (Wildman–Crippen LogP) is 1.91. The van der Waals surface area contributed by atoms with E-state index in [9.17, 15) is 5.11 Å². The maximum Gasteiger partial charge on any atom is 0.258 e. The van der Waals surface area contributed by atoms with Crippen LogP contribution in [-0.4, -0.2) is 32.6 Å². The van der Waals surface area contributed by atoms with Gasteiger partial charge < -0.3 is 14.4 Å². The molecule has 7 nitrogen and oxygen atoms in total. The summed E-state index contributed by atoms with van der Waals surface area (Å²) >= 11 is 0. The van der Waals surface area contributed by atoms with Gasteiger partial charge in [0.2, 0.25) is 11.7 Å². The molecule has 0 saturated heterocycles. The molecule has 0 atom stereocenters. The normalized spacial score (nSPS) is 10.4. The van der Waals surface area contributed by atoms with Crippen LogP contribution in [0.25, 0.3) is 23.0 Å². The van der Waals surface area contributed by atoms with Gasteiger partial charge in [-0.25, -0.2) is 0 Å². The average Bonchev–Trinajstić information content (AvgIpc) is 2.97. The zero-order valence-electron chi connectivity index (χ0n) is 10.5. The van der Waals surface area contributed by atoms with Gasteiger partial charge >= 0.3 is 0 Å². The number of phenolic OH excluding ortho intramolecular Hbond substituents is 1. The molecule has 1 aromatic carbocycles. The van der Waals surface area contributed by atoms with Crippen LogP contribution < -0.4 is 4.74 Å². The van der Waals surface area contributed by atoms with E-state index < -0.39 is 0 Å². The summed E-state index contributed by atoms with van der Waals surface area (Å²) in [5.41, 5.74) is 1.10. The molecule has 3 aromatic rings. The Labute approximate surface area is 113 Å². The average molecular weight is 270 g/mol. The van der Waals surface area contributed by atoms with E-state index in [0.717, 1.165) is 0 Å². The SMILES string of the molecule is COc1ccc(-c2noc(-c3cccc(O)c3)n2)nn1. The third-order valence-corrected chi connectivity index (χ3v) is 2.60. The van der Waals surface area contributed by atoms with Gasteiger partial charge in [-0.15, -0.1) is 10.2 Å². The summed E-state index contributed by atoms with van der Waals surface area (Å²) in [4.78, 5) is 4.22. The van der Waals surface area contributed by atoms with E-state index in [0.29, 0.717) is 28.9 Å². The van der Waals surface area contributed by atoms with Crippen LogP contribution in [0.4, 0.5) is 0 Å². The molecule has 20 heavy (non-hydrogen) atoms. The monoisotopic (exact) mass is 270 g/mol. The molecule has 3 rings (SSSR count). The van der Waals surface area contributed by atoms with Crippen molar-refractivity contribution in [3.8, 4) is 34.6 Å². The number of phenols is 1. The van der Waals surface area contributed by atoms with E-state index in [2.05, 4.69) is 20.3 Å². The molecular weight excluding hydrogens is 260 g/mol. The van der Waals surface area contributed by atoms with Gasteiger partial charge in [0.15, 0.2) is 0 Å². The molecule has 2 aromatic heterocycles. The van der Waals surface area contributed by atoms with Gasteiger partial charge in [-0.2, -0.15) is 4.98 Å². The van der Waals surface area contributed by atoms with Crippen LogP contribution in [0.5, 0.6) is 11.6 Å². The molecule has 0 bridgehead atoms. The maximum absolute atomic E-state index is 9.43. The highest BCUT2D eigenvalue weighted by Gasteiger charge is 2.12. The first-order valence-corrected chi connectivity index (χ1v) is 5.77. The molecule has 0 aliphatic heterocycles. The smallest absolute Gasteiger partial charge is 0.258 e. The lowest BCUT2D eigenvalue weighted by Crippen LogP contribution is -1.93. The highest BCUT2D eigenvalue weighted by atomic mass is 16.5. The summed E-state index contributed by atoms with van der Waals surface area (Å²) in [6, 6.07) is 9.90. The van der Waals surface area contributed by atoms with Crippen LogP contribution >= 0.6 is 0 Å². The fraction of sp³-hybridized carbons (Fsp3) is 0.0769. The van der Waals surface area contributed by atoms with Crippen molar-refractivity contribution in [1.82, 2.24) is 20.3 Å². The molecule has 0 spiro atoms. The number of rotatable bonds is 3. The summed E-state index contributed by atoms with van der Waals surface area (Å²) in [6.45, 7) is 0. The predicted molar refractivity (Wildman–Crippen MR) is 69.0 cm³/mol. The summed E-state index contributed by atoms with van der Waals surface area (Å²) in [6.07, 6.45) is 0. The van der Waals surface area contributed by atoms with Crippen LogP contribution in [-0.2, 0) is 0 Å². The molecule has 7 heteroatoms. The van der Waals surface area contributed by atoms with Gasteiger partial charge in [-0.1, -0.05) is 11.2 Å². The zero-order chi connectivity index (χ0) is 13.9. The zero-order valence-corrected chi connectivity index (χ0v) is 10.5. The quantitative estimate of drug-likeness (QED) is 0.776. The van der Waals surface area contributed by atoms with Crippen molar-refractivity contribution >= 4 is 0 Å². The Kier molecular flexibility index (Phi) is 3.00. The second kappa shape index (κ2) is 4.96. The fourth-order valence-electron chi connectivity index (χ4n) is 1.63. The molecule has 0 fully saturated rings. The van der Waals surface area contributed by atoms with Crippen LogP contribution in [0.1, 0.15) is 0 Å². The number of hydrogen-bond acceptors (Lipinski definition) is 7. The van der Waals surface area contributed by atoms with Crippen molar-refractivity contribution in [2.45, 2.75) is 0 Å². The van der Waals surface area contributed by atoms with Crippen molar-refractivity contribution in [3.05, 3.63) is 36.4 Å². The molecule has 2 heterocycles. The third kappa shape index (κ3) is 2.28. The van der Waals surface area contributed by atoms with Crippen molar-refractivity contribution < 1.29 is 14.4 Å². The first-order chi connectivity index (χ1) is 9.76. The van der Waals surface area contributed by atoms with Gasteiger partial charge in [-0.05, 0) is 24.3 Å². The molecule has 0 unspecified atom stereocenters. The van der Waals surface area contributed by atoms with Gasteiger partial charge in [0.25, 0.3) is 5.89 Å². The number of hydrogen-bond donors (Lipinski definition) is 1. The number of ether oxygens (including phenoxy) is 1. The Bertz CT molecular complexity index is 724. The molecule has 1 N–H and O–H groups in total. The Hall–Kier alpha value is -2.96. The number of methoxy groups -OCH3 is 1. The largest absolute Gasteiger partial charge is 0.508 e. The first kappa shape index (κ1) is 12.1. The minimum absolute atomic E-state index is 0.131. The van der Waals surface area contributed by atoms with Crippen LogP contribution in [0.2, 0.25) is 0 Å². The Morgan fingerprint density at radius 2 is 2.05 bits per heavy atom. The maximum atomic E-state index is 9.43. The summed E-state index contributed by atoms with van der Waals surface area (Å²) in [7, 11) is 1.51. The minimum Gasteiger partial charge on any atom is -0.508 e. The molecular formula is C13H10N4O3. The van der Waals surface area contributed by atoms with Gasteiger partial charge in [-0.3, -0.25) is 0 Å². The van der Waals surface area contributed by atoms with Crippen molar-refractivity contribution in [2.75, 3.05) is 7.11 Å². The lowest BCUT2D eigenvalue weighted by Gasteiger charge is -1.96. The first-order valence-electron chi connectivity index (χ1n) is 5.77. The fourth-order valence-corrected chi connectivity index (χ4v) is 1.63. The Balaban J connectivity index is 1.93. The van der Waals surface area contributed by atoms with Crippen LogP contribution in [0.3, 0.4) is 0 Å². The number of benzene rings is 1. The summed E-state index contributed by atoms with van der Waals surface area (Å²) in [5, 5.41) is 21.0. The van der Waals surface area contributed by atoms with E-state index in [4.69, 9.17) is 9.26 Å². The van der Waals surface area contributed by atoms with E-state index in [1.54, 1.807) is 30.3 Å². The second-order valence-corrected chi connectivity index (χ2v) is 3.93. The molecule has 0 radical (unpaired) electrons. The molecule has 100 valence electrons. The van der Waals surface area contributed by atoms with Crippen LogP contribution in [0, 0.1) is 0 Å². The molecule has 0 saturated carbocycles. The number of aromatic nitrogens is 4. The van der Waals surface area contributed by atoms with E-state index in [-0.39, 0.29) is 5.75 Å². The number of aromatic hydroxyl groups is 1. The Morgan fingerprint density at radius 3 is 2.75 bits per heavy atom. The van der Waals surface area contributed by atoms with Gasteiger partial charge in [0.1, 0.15) is 11.4 Å². The minimum atomic E-state index is 0.131. The topological polar surface area (TPSA) is 94.2 Å². The van der Waals surface area contributed by atoms with Crippen molar-refractivity contribution in [3.63, 3.8) is 0 Å². The van der Waals surface area contributed by atoms with Crippen LogP contribution in [0.15, 0.2) is 40.9 Å². The summed E-state index contributed by atoms with van der Waals surface area (Å²) in [5.74, 6) is 1.16. The molecule has 0 aliphatic rings. The lowest BCUT2D eigenvalue weighted by molar-refractivity contribution is 0.392. The van der Waals surface area contributed by atoms with Gasteiger partial charge in [0.05, 0.1) is 7.11 Å². The lowest BCUT2D eigenvalue weighted by atomic mass is 10.2. The highest BCUT2D eigenvalue weighted by Crippen LogP contribution is 2.23. The highest BCUT2D eigenvalue weighted by molar-refractivity contribution is 5.58. The molecule has 0 amide bonds. The standard InChI is InChI=1S/C13H10N4O3/c1-19-11-6-5-10(15-16-11)12-14-13(20-17-12)8-3-2-4-9(18)7-8/h2-7,18H,1H3. The van der Waals surface area contributed by atoms with Gasteiger partial charge in [0, 0.05) is 11.6 Å². The van der Waals surface area contributed by atoms with E-state index in [1.165, 1.54) is 13.2 Å².